The van der Waals surface area contributed by atoms with E-state index in [4.69, 9.17) is 24.7 Å². The van der Waals surface area contributed by atoms with Crippen molar-refractivity contribution in [2.45, 2.75) is 0 Å². The molecule has 0 aliphatic carbocycles. The SMILES string of the molecule is COc1ccc(OCCOc2ccc(N)cc2OC)cc1. The molecule has 2 aromatic carbocycles. The average molecular weight is 289 g/mol. The molecule has 5 nitrogen and oxygen atoms in total. The van der Waals surface area contributed by atoms with Crippen molar-refractivity contribution in [2.24, 2.45) is 0 Å². The summed E-state index contributed by atoms with van der Waals surface area (Å²) in [7, 11) is 3.21. The molecule has 5 heteroatoms. The predicted molar refractivity (Wildman–Crippen MR) is 81.4 cm³/mol. The van der Waals surface area contributed by atoms with E-state index in [0.717, 1.165) is 11.5 Å². The first kappa shape index (κ1) is 14.8. The van der Waals surface area contributed by atoms with Gasteiger partial charge in [0.15, 0.2) is 11.5 Å². The van der Waals surface area contributed by atoms with Gasteiger partial charge in [0.1, 0.15) is 24.7 Å². The fourth-order valence-corrected chi connectivity index (χ4v) is 1.79. The zero-order valence-corrected chi connectivity index (χ0v) is 12.2. The van der Waals surface area contributed by atoms with Crippen LogP contribution in [0.3, 0.4) is 0 Å². The van der Waals surface area contributed by atoms with Crippen LogP contribution in [0.5, 0.6) is 23.0 Å². The van der Waals surface area contributed by atoms with Crippen molar-refractivity contribution >= 4 is 5.69 Å². The lowest BCUT2D eigenvalue weighted by molar-refractivity contribution is 0.211. The van der Waals surface area contributed by atoms with E-state index < -0.39 is 0 Å². The summed E-state index contributed by atoms with van der Waals surface area (Å²) in [5.74, 6) is 2.82. The fraction of sp³-hybridized carbons (Fsp3) is 0.250. The molecule has 2 N–H and O–H groups in total. The monoisotopic (exact) mass is 289 g/mol. The summed E-state index contributed by atoms with van der Waals surface area (Å²) in [6.45, 7) is 0.839. The highest BCUT2D eigenvalue weighted by atomic mass is 16.5. The van der Waals surface area contributed by atoms with E-state index in [-0.39, 0.29) is 0 Å². The van der Waals surface area contributed by atoms with Gasteiger partial charge in [0.2, 0.25) is 0 Å². The Kier molecular flexibility index (Phi) is 5.15. The van der Waals surface area contributed by atoms with E-state index in [1.807, 2.05) is 24.3 Å². The first-order valence-electron chi connectivity index (χ1n) is 6.56. The number of nitrogen functional groups attached to an aromatic ring is 1. The molecule has 0 atom stereocenters. The summed E-state index contributed by atoms with van der Waals surface area (Å²) in [5.41, 5.74) is 6.32. The number of nitrogens with two attached hydrogens (primary N) is 1. The molecule has 2 rings (SSSR count). The molecule has 0 aliphatic rings. The van der Waals surface area contributed by atoms with Gasteiger partial charge in [-0.25, -0.2) is 0 Å². The lowest BCUT2D eigenvalue weighted by Crippen LogP contribution is -2.09. The van der Waals surface area contributed by atoms with Crippen LogP contribution in [-0.4, -0.2) is 27.4 Å². The normalized spacial score (nSPS) is 10.0. The third kappa shape index (κ3) is 4.21. The number of hydrogen-bond donors (Lipinski definition) is 1. The molecule has 0 amide bonds. The summed E-state index contributed by atoms with van der Waals surface area (Å²) >= 11 is 0. The number of rotatable bonds is 7. The van der Waals surface area contributed by atoms with Crippen LogP contribution in [0.2, 0.25) is 0 Å². The Hall–Kier alpha value is -2.56. The number of benzene rings is 2. The second-order valence-electron chi connectivity index (χ2n) is 4.28. The molecule has 0 unspecified atom stereocenters. The van der Waals surface area contributed by atoms with Gasteiger partial charge in [-0.2, -0.15) is 0 Å². The molecule has 0 heterocycles. The lowest BCUT2D eigenvalue weighted by Gasteiger charge is -2.12. The van der Waals surface area contributed by atoms with Crippen molar-refractivity contribution in [3.05, 3.63) is 42.5 Å². The van der Waals surface area contributed by atoms with Gasteiger partial charge in [0.05, 0.1) is 14.2 Å². The molecular formula is C16H19NO4. The molecule has 0 spiro atoms. The highest BCUT2D eigenvalue weighted by molar-refractivity contribution is 5.51. The van der Waals surface area contributed by atoms with Crippen LogP contribution in [0.4, 0.5) is 5.69 Å². The molecule has 0 bridgehead atoms. The molecule has 0 aromatic heterocycles. The molecule has 0 saturated carbocycles. The van der Waals surface area contributed by atoms with E-state index in [2.05, 4.69) is 0 Å². The first-order chi connectivity index (χ1) is 10.2. The highest BCUT2D eigenvalue weighted by Crippen LogP contribution is 2.28. The van der Waals surface area contributed by atoms with Crippen LogP contribution < -0.4 is 24.7 Å². The molecule has 21 heavy (non-hydrogen) atoms. The maximum Gasteiger partial charge on any atom is 0.162 e. The number of methoxy groups -OCH3 is 2. The van der Waals surface area contributed by atoms with Gasteiger partial charge in [-0.1, -0.05) is 0 Å². The maximum absolute atomic E-state index is 5.69. The van der Waals surface area contributed by atoms with Crippen LogP contribution in [0.15, 0.2) is 42.5 Å². The smallest absolute Gasteiger partial charge is 0.162 e. The summed E-state index contributed by atoms with van der Waals surface area (Å²) in [4.78, 5) is 0. The summed E-state index contributed by atoms with van der Waals surface area (Å²) in [6.07, 6.45) is 0. The van der Waals surface area contributed by atoms with Crippen molar-refractivity contribution in [3.63, 3.8) is 0 Å². The molecule has 0 fully saturated rings. The molecule has 112 valence electrons. The van der Waals surface area contributed by atoms with Crippen LogP contribution in [0.25, 0.3) is 0 Å². The Labute approximate surface area is 124 Å². The third-order valence-corrected chi connectivity index (χ3v) is 2.86. The Morgan fingerprint density at radius 2 is 1.43 bits per heavy atom. The second kappa shape index (κ2) is 7.28. The first-order valence-corrected chi connectivity index (χ1v) is 6.56. The topological polar surface area (TPSA) is 62.9 Å². The average Bonchev–Trinajstić information content (AvgIpc) is 2.53. The van der Waals surface area contributed by atoms with E-state index in [0.29, 0.717) is 30.4 Å². The Balaban J connectivity index is 1.81. The zero-order chi connectivity index (χ0) is 15.1. The van der Waals surface area contributed by atoms with Crippen LogP contribution in [-0.2, 0) is 0 Å². The summed E-state index contributed by atoms with van der Waals surface area (Å²) in [6, 6.07) is 12.7. The van der Waals surface area contributed by atoms with Crippen LogP contribution in [0, 0.1) is 0 Å². The summed E-state index contributed by atoms with van der Waals surface area (Å²) < 4.78 is 21.5. The molecule has 2 aromatic rings. The molecule has 0 saturated heterocycles. The molecular weight excluding hydrogens is 270 g/mol. The third-order valence-electron chi connectivity index (χ3n) is 2.86. The molecule has 0 radical (unpaired) electrons. The zero-order valence-electron chi connectivity index (χ0n) is 12.2. The maximum atomic E-state index is 5.69. The predicted octanol–water partition coefficient (Wildman–Crippen LogP) is 2.74. The van der Waals surface area contributed by atoms with Gasteiger partial charge >= 0.3 is 0 Å². The Morgan fingerprint density at radius 1 is 0.762 bits per heavy atom. The minimum absolute atomic E-state index is 0.409. The number of ether oxygens (including phenoxy) is 4. The van der Waals surface area contributed by atoms with Gasteiger partial charge in [-0.05, 0) is 36.4 Å². The van der Waals surface area contributed by atoms with Crippen LogP contribution >= 0.6 is 0 Å². The van der Waals surface area contributed by atoms with Crippen molar-refractivity contribution < 1.29 is 18.9 Å². The quantitative estimate of drug-likeness (QED) is 0.627. The van der Waals surface area contributed by atoms with E-state index in [1.165, 1.54) is 0 Å². The van der Waals surface area contributed by atoms with E-state index >= 15 is 0 Å². The highest BCUT2D eigenvalue weighted by Gasteiger charge is 2.04. The Morgan fingerprint density at radius 3 is 2.10 bits per heavy atom. The van der Waals surface area contributed by atoms with Crippen molar-refractivity contribution in [2.75, 3.05) is 33.2 Å². The minimum Gasteiger partial charge on any atom is -0.497 e. The summed E-state index contributed by atoms with van der Waals surface area (Å²) in [5, 5.41) is 0. The number of anilines is 1. The van der Waals surface area contributed by atoms with Crippen molar-refractivity contribution in [3.8, 4) is 23.0 Å². The van der Waals surface area contributed by atoms with Gasteiger partial charge in [-0.15, -0.1) is 0 Å². The van der Waals surface area contributed by atoms with Crippen molar-refractivity contribution in [1.29, 1.82) is 0 Å². The standard InChI is InChI=1S/C16H19NO4/c1-18-13-4-6-14(7-5-13)20-9-10-21-15-8-3-12(17)11-16(15)19-2/h3-8,11H,9-10,17H2,1-2H3. The van der Waals surface area contributed by atoms with Crippen LogP contribution in [0.1, 0.15) is 0 Å². The van der Waals surface area contributed by atoms with E-state index in [9.17, 15) is 0 Å². The minimum atomic E-state index is 0.409. The largest absolute Gasteiger partial charge is 0.497 e. The number of hydrogen-bond acceptors (Lipinski definition) is 5. The lowest BCUT2D eigenvalue weighted by atomic mass is 10.3. The van der Waals surface area contributed by atoms with Gasteiger partial charge < -0.3 is 24.7 Å². The fourth-order valence-electron chi connectivity index (χ4n) is 1.79. The van der Waals surface area contributed by atoms with Crippen molar-refractivity contribution in [1.82, 2.24) is 0 Å². The van der Waals surface area contributed by atoms with Gasteiger partial charge in [0, 0.05) is 11.8 Å². The van der Waals surface area contributed by atoms with E-state index in [1.54, 1.807) is 32.4 Å². The van der Waals surface area contributed by atoms with Gasteiger partial charge in [0.25, 0.3) is 0 Å². The molecule has 0 aliphatic heterocycles. The van der Waals surface area contributed by atoms with Gasteiger partial charge in [-0.3, -0.25) is 0 Å². The Bertz CT molecular complexity index is 569. The second-order valence-corrected chi connectivity index (χ2v) is 4.28.